The minimum atomic E-state index is -1.80. The molecule has 0 spiro atoms. The summed E-state index contributed by atoms with van der Waals surface area (Å²) in [5.74, 6) is 0. The standard InChI is InChI=1S/C7H14O6/c1-3(9)5(11)7(13)6(12)4(10)2-8/h2-7,9-13H,1H3/t3-,4-,5+,6+,7-/m0/s1. The summed E-state index contributed by atoms with van der Waals surface area (Å²) < 4.78 is 0. The molecule has 0 bridgehead atoms. The Morgan fingerprint density at radius 2 is 1.38 bits per heavy atom. The smallest absolute Gasteiger partial charge is 0.151 e. The lowest BCUT2D eigenvalue weighted by Crippen LogP contribution is -2.48. The van der Waals surface area contributed by atoms with Crippen LogP contribution in [0.1, 0.15) is 6.92 Å². The molecule has 0 heterocycles. The lowest BCUT2D eigenvalue weighted by atomic mass is 10.0. The van der Waals surface area contributed by atoms with Crippen LogP contribution in [0.5, 0.6) is 0 Å². The molecule has 0 radical (unpaired) electrons. The summed E-state index contributed by atoms with van der Waals surface area (Å²) in [4.78, 5) is 9.98. The van der Waals surface area contributed by atoms with Crippen LogP contribution >= 0.6 is 0 Å². The van der Waals surface area contributed by atoms with Gasteiger partial charge in [0, 0.05) is 0 Å². The second kappa shape index (κ2) is 5.25. The number of aliphatic hydroxyl groups excluding tert-OH is 5. The van der Waals surface area contributed by atoms with Crippen molar-refractivity contribution in [2.24, 2.45) is 0 Å². The molecular formula is C7H14O6. The second-order valence-electron chi connectivity index (χ2n) is 2.84. The molecule has 5 atom stereocenters. The van der Waals surface area contributed by atoms with Gasteiger partial charge in [-0.25, -0.2) is 0 Å². The van der Waals surface area contributed by atoms with Crippen molar-refractivity contribution in [1.82, 2.24) is 0 Å². The van der Waals surface area contributed by atoms with Gasteiger partial charge in [0.1, 0.15) is 24.4 Å². The normalized spacial score (nSPS) is 22.9. The van der Waals surface area contributed by atoms with E-state index in [0.29, 0.717) is 0 Å². The van der Waals surface area contributed by atoms with Crippen molar-refractivity contribution >= 4 is 6.29 Å². The largest absolute Gasteiger partial charge is 0.391 e. The number of aldehydes is 1. The highest BCUT2D eigenvalue weighted by Gasteiger charge is 2.32. The Hall–Kier alpha value is -0.530. The van der Waals surface area contributed by atoms with Gasteiger partial charge in [-0.15, -0.1) is 0 Å². The van der Waals surface area contributed by atoms with Gasteiger partial charge in [-0.05, 0) is 6.92 Å². The van der Waals surface area contributed by atoms with Gasteiger partial charge in [-0.1, -0.05) is 0 Å². The van der Waals surface area contributed by atoms with E-state index in [9.17, 15) is 4.79 Å². The molecule has 0 aromatic carbocycles. The highest BCUT2D eigenvalue weighted by Crippen LogP contribution is 2.06. The summed E-state index contributed by atoms with van der Waals surface area (Å²) in [6.07, 6.45) is -8.18. The van der Waals surface area contributed by atoms with Gasteiger partial charge in [-0.2, -0.15) is 0 Å². The van der Waals surface area contributed by atoms with Gasteiger partial charge in [-0.3, -0.25) is 0 Å². The second-order valence-corrected chi connectivity index (χ2v) is 2.84. The first-order chi connectivity index (χ1) is 5.91. The zero-order valence-corrected chi connectivity index (χ0v) is 7.11. The molecule has 0 unspecified atom stereocenters. The van der Waals surface area contributed by atoms with Crippen LogP contribution in [0.25, 0.3) is 0 Å². The minimum Gasteiger partial charge on any atom is -0.391 e. The maximum absolute atomic E-state index is 9.98. The van der Waals surface area contributed by atoms with Gasteiger partial charge >= 0.3 is 0 Å². The first-order valence-electron chi connectivity index (χ1n) is 3.77. The van der Waals surface area contributed by atoms with Crippen LogP contribution in [0.2, 0.25) is 0 Å². The SMILES string of the molecule is C[C@H](O)[C@@H](O)[C@H](O)[C@H](O)[C@@H](O)C=O. The third kappa shape index (κ3) is 3.37. The molecule has 13 heavy (non-hydrogen) atoms. The molecule has 5 N–H and O–H groups in total. The molecule has 0 fully saturated rings. The summed E-state index contributed by atoms with van der Waals surface area (Å²) >= 11 is 0. The lowest BCUT2D eigenvalue weighted by molar-refractivity contribution is -0.142. The van der Waals surface area contributed by atoms with Crippen LogP contribution in [-0.2, 0) is 4.79 Å². The first-order valence-corrected chi connectivity index (χ1v) is 3.77. The molecule has 0 aromatic heterocycles. The number of carbonyl (C=O) groups is 1. The van der Waals surface area contributed by atoms with Gasteiger partial charge in [0.05, 0.1) is 6.10 Å². The van der Waals surface area contributed by atoms with Gasteiger partial charge in [0.25, 0.3) is 0 Å². The molecule has 0 aliphatic rings. The van der Waals surface area contributed by atoms with Gasteiger partial charge in [0.2, 0.25) is 0 Å². The molecule has 0 aliphatic carbocycles. The van der Waals surface area contributed by atoms with Crippen LogP contribution < -0.4 is 0 Å². The maximum atomic E-state index is 9.98. The average molecular weight is 194 g/mol. The first kappa shape index (κ1) is 12.5. The molecule has 78 valence electrons. The van der Waals surface area contributed by atoms with E-state index < -0.39 is 30.5 Å². The Morgan fingerprint density at radius 3 is 1.69 bits per heavy atom. The molecule has 0 amide bonds. The van der Waals surface area contributed by atoms with E-state index in [1.807, 2.05) is 0 Å². The maximum Gasteiger partial charge on any atom is 0.151 e. The average Bonchev–Trinajstić information content (AvgIpc) is 2.12. The molecule has 0 aliphatic heterocycles. The summed E-state index contributed by atoms with van der Waals surface area (Å²) in [5.41, 5.74) is 0. The quantitative estimate of drug-likeness (QED) is 0.298. The Balaban J connectivity index is 4.23. The van der Waals surface area contributed by atoms with E-state index >= 15 is 0 Å². The summed E-state index contributed by atoms with van der Waals surface area (Å²) in [6.45, 7) is 1.20. The van der Waals surface area contributed by atoms with Crippen LogP contribution in [0, 0.1) is 0 Å². The van der Waals surface area contributed by atoms with Gasteiger partial charge < -0.3 is 30.3 Å². The summed E-state index contributed by atoms with van der Waals surface area (Å²) in [5, 5.41) is 44.7. The van der Waals surface area contributed by atoms with Crippen molar-refractivity contribution in [3.05, 3.63) is 0 Å². The topological polar surface area (TPSA) is 118 Å². The third-order valence-corrected chi connectivity index (χ3v) is 1.68. The Kier molecular flexibility index (Phi) is 5.04. The van der Waals surface area contributed by atoms with E-state index in [1.165, 1.54) is 6.92 Å². The molecule has 6 nitrogen and oxygen atoms in total. The number of carbonyl (C=O) groups excluding carboxylic acids is 1. The number of hydrogen-bond acceptors (Lipinski definition) is 6. The van der Waals surface area contributed by atoms with Crippen LogP contribution in [0.15, 0.2) is 0 Å². The number of hydrogen-bond donors (Lipinski definition) is 5. The fraction of sp³-hybridized carbons (Fsp3) is 0.857. The molecule has 0 aromatic rings. The van der Waals surface area contributed by atoms with Crippen LogP contribution in [-0.4, -0.2) is 62.3 Å². The van der Waals surface area contributed by atoms with Crippen molar-refractivity contribution in [1.29, 1.82) is 0 Å². The predicted octanol–water partition coefficient (Wildman–Crippen LogP) is -2.99. The third-order valence-electron chi connectivity index (χ3n) is 1.68. The van der Waals surface area contributed by atoms with Crippen molar-refractivity contribution in [3.8, 4) is 0 Å². The van der Waals surface area contributed by atoms with Crippen LogP contribution in [0.4, 0.5) is 0 Å². The number of aliphatic hydroxyl groups is 5. The number of rotatable bonds is 5. The highest BCUT2D eigenvalue weighted by molar-refractivity contribution is 5.56. The van der Waals surface area contributed by atoms with Crippen molar-refractivity contribution < 1.29 is 30.3 Å². The van der Waals surface area contributed by atoms with Crippen molar-refractivity contribution in [2.45, 2.75) is 37.4 Å². The molecule has 0 rings (SSSR count). The van der Waals surface area contributed by atoms with E-state index in [0.717, 1.165) is 0 Å². The van der Waals surface area contributed by atoms with E-state index in [4.69, 9.17) is 25.5 Å². The van der Waals surface area contributed by atoms with E-state index in [2.05, 4.69) is 0 Å². The minimum absolute atomic E-state index is 0.0304. The fourth-order valence-corrected chi connectivity index (χ4v) is 0.770. The monoisotopic (exact) mass is 194 g/mol. The van der Waals surface area contributed by atoms with Crippen LogP contribution in [0.3, 0.4) is 0 Å². The summed E-state index contributed by atoms with van der Waals surface area (Å²) in [7, 11) is 0. The molecule has 0 saturated carbocycles. The van der Waals surface area contributed by atoms with Crippen molar-refractivity contribution in [3.63, 3.8) is 0 Å². The molecule has 0 saturated heterocycles. The van der Waals surface area contributed by atoms with Crippen molar-refractivity contribution in [2.75, 3.05) is 0 Å². The lowest BCUT2D eigenvalue weighted by Gasteiger charge is -2.25. The Bertz CT molecular complexity index is 159. The predicted molar refractivity (Wildman–Crippen MR) is 41.8 cm³/mol. The zero-order valence-electron chi connectivity index (χ0n) is 7.11. The summed E-state index contributed by atoms with van der Waals surface area (Å²) in [6, 6.07) is 0. The van der Waals surface area contributed by atoms with E-state index in [1.54, 1.807) is 0 Å². The molecule has 6 heteroatoms. The van der Waals surface area contributed by atoms with E-state index in [-0.39, 0.29) is 6.29 Å². The van der Waals surface area contributed by atoms with Gasteiger partial charge in [0.15, 0.2) is 6.29 Å². The Labute approximate surface area is 75.1 Å². The molecular weight excluding hydrogens is 180 g/mol. The Morgan fingerprint density at radius 1 is 0.923 bits per heavy atom. The highest BCUT2D eigenvalue weighted by atomic mass is 16.4. The fourth-order valence-electron chi connectivity index (χ4n) is 0.770. The zero-order chi connectivity index (χ0) is 10.6.